The Kier molecular flexibility index (Phi) is 5.56. The second-order valence-electron chi connectivity index (χ2n) is 9.60. The van der Waals surface area contributed by atoms with Gasteiger partial charge in [0.25, 0.3) is 5.91 Å². The number of nitrogens with zero attached hydrogens (tertiary/aromatic N) is 5. The lowest BCUT2D eigenvalue weighted by molar-refractivity contribution is 0.0938. The Labute approximate surface area is 204 Å². The first-order valence-corrected chi connectivity index (χ1v) is 11.7. The number of nitriles is 1. The van der Waals surface area contributed by atoms with Gasteiger partial charge in [0.15, 0.2) is 0 Å². The van der Waals surface area contributed by atoms with E-state index < -0.39 is 0 Å². The number of carbonyl (C=O) groups excluding carboxylic acids is 1. The Bertz CT molecular complexity index is 1500. The molecule has 0 aliphatic carbocycles. The molecule has 1 aliphatic rings. The van der Waals surface area contributed by atoms with Crippen LogP contribution < -0.4 is 10.1 Å². The quantitative estimate of drug-likeness (QED) is 0.465. The van der Waals surface area contributed by atoms with Gasteiger partial charge in [-0.2, -0.15) is 15.5 Å². The molecule has 35 heavy (non-hydrogen) atoms. The van der Waals surface area contributed by atoms with E-state index in [1.165, 1.54) is 0 Å². The lowest BCUT2D eigenvalue weighted by Gasteiger charge is -2.25. The monoisotopic (exact) mass is 468 g/mol. The van der Waals surface area contributed by atoms with Crippen LogP contribution in [0.4, 0.5) is 0 Å². The first-order valence-electron chi connectivity index (χ1n) is 11.7. The van der Waals surface area contributed by atoms with Crippen LogP contribution in [0.15, 0.2) is 36.7 Å². The third kappa shape index (κ3) is 3.83. The van der Waals surface area contributed by atoms with Gasteiger partial charge in [-0.3, -0.25) is 14.2 Å². The van der Waals surface area contributed by atoms with E-state index in [9.17, 15) is 10.1 Å². The normalized spacial score (nSPS) is 15.2. The fourth-order valence-corrected chi connectivity index (χ4v) is 4.91. The topological polar surface area (TPSA) is 97.8 Å². The predicted octanol–water partition coefficient (Wildman–Crippen LogP) is 4.49. The van der Waals surface area contributed by atoms with Crippen molar-refractivity contribution in [3.05, 3.63) is 53.3 Å². The van der Waals surface area contributed by atoms with Gasteiger partial charge >= 0.3 is 0 Å². The fraction of sp³-hybridized carbons (Fsp3) is 0.333. The number of hydrogen-bond donors (Lipinski definition) is 1. The van der Waals surface area contributed by atoms with Gasteiger partial charge in [0.2, 0.25) is 0 Å². The minimum atomic E-state index is -0.128. The Morgan fingerprint density at radius 2 is 2.03 bits per heavy atom. The van der Waals surface area contributed by atoms with Crippen molar-refractivity contribution in [2.75, 3.05) is 13.7 Å². The van der Waals surface area contributed by atoms with Crippen molar-refractivity contribution < 1.29 is 9.53 Å². The van der Waals surface area contributed by atoms with E-state index in [4.69, 9.17) is 9.84 Å². The Hall–Kier alpha value is -4.12. The van der Waals surface area contributed by atoms with Crippen molar-refractivity contribution in [1.29, 1.82) is 5.26 Å². The van der Waals surface area contributed by atoms with Crippen molar-refractivity contribution in [2.45, 2.75) is 33.2 Å². The smallest absolute Gasteiger partial charge is 0.255 e. The van der Waals surface area contributed by atoms with Gasteiger partial charge < -0.3 is 10.1 Å². The number of ether oxygens (including phenoxy) is 1. The molecule has 0 unspecified atom stereocenters. The fourth-order valence-electron chi connectivity index (χ4n) is 4.91. The van der Waals surface area contributed by atoms with Crippen LogP contribution in [0.25, 0.3) is 33.3 Å². The van der Waals surface area contributed by atoms with Gasteiger partial charge in [-0.15, -0.1) is 0 Å². The minimum Gasteiger partial charge on any atom is -0.496 e. The highest BCUT2D eigenvalue weighted by Gasteiger charge is 2.28. The molecular weight excluding hydrogens is 440 g/mol. The summed E-state index contributed by atoms with van der Waals surface area (Å²) in [5.74, 6) is 1.02. The SMILES string of the molecule is COc1cc(-c2c3c(C#N)cc(-c4cnn(CC(C)C)c4)cc3nn2C)cc2c1C(=O)NC[C@@H]2C. The van der Waals surface area contributed by atoms with Gasteiger partial charge in [0.05, 0.1) is 41.7 Å². The van der Waals surface area contributed by atoms with E-state index in [2.05, 4.69) is 37.3 Å². The summed E-state index contributed by atoms with van der Waals surface area (Å²) in [6, 6.07) is 10.2. The van der Waals surface area contributed by atoms with Crippen LogP contribution in [0, 0.1) is 17.2 Å². The van der Waals surface area contributed by atoms with Crippen LogP contribution in [-0.4, -0.2) is 39.1 Å². The number of aromatic nitrogens is 4. The van der Waals surface area contributed by atoms with Gasteiger partial charge in [0.1, 0.15) is 5.75 Å². The third-order valence-electron chi connectivity index (χ3n) is 6.53. The highest BCUT2D eigenvalue weighted by molar-refractivity contribution is 6.03. The van der Waals surface area contributed by atoms with E-state index >= 15 is 0 Å². The van der Waals surface area contributed by atoms with E-state index in [1.807, 2.05) is 48.4 Å². The second-order valence-corrected chi connectivity index (χ2v) is 9.60. The number of methoxy groups -OCH3 is 1. The molecule has 1 atom stereocenters. The van der Waals surface area contributed by atoms with Gasteiger partial charge in [0, 0.05) is 42.8 Å². The number of aryl methyl sites for hydroxylation is 1. The number of nitrogens with one attached hydrogen (secondary N) is 1. The van der Waals surface area contributed by atoms with E-state index in [0.29, 0.717) is 29.3 Å². The van der Waals surface area contributed by atoms with Crippen LogP contribution in [-0.2, 0) is 13.6 Å². The molecule has 0 spiro atoms. The predicted molar refractivity (Wildman–Crippen MR) is 134 cm³/mol. The maximum absolute atomic E-state index is 12.6. The minimum absolute atomic E-state index is 0.128. The first kappa shape index (κ1) is 22.7. The molecule has 0 saturated heterocycles. The largest absolute Gasteiger partial charge is 0.496 e. The summed E-state index contributed by atoms with van der Waals surface area (Å²) in [6.45, 7) is 7.79. The highest BCUT2D eigenvalue weighted by atomic mass is 16.5. The van der Waals surface area contributed by atoms with Crippen molar-refractivity contribution in [3.8, 4) is 34.2 Å². The molecule has 178 valence electrons. The molecule has 4 aromatic rings. The average molecular weight is 469 g/mol. The van der Waals surface area contributed by atoms with Gasteiger partial charge in [-0.05, 0) is 47.2 Å². The van der Waals surface area contributed by atoms with Crippen LogP contribution in [0.2, 0.25) is 0 Å². The van der Waals surface area contributed by atoms with Crippen LogP contribution >= 0.6 is 0 Å². The zero-order chi connectivity index (χ0) is 24.9. The maximum Gasteiger partial charge on any atom is 0.255 e. The molecule has 5 rings (SSSR count). The molecule has 1 N–H and O–H groups in total. The Balaban J connectivity index is 1.69. The summed E-state index contributed by atoms with van der Waals surface area (Å²) in [7, 11) is 3.44. The number of benzene rings is 2. The number of rotatable bonds is 5. The molecule has 8 nitrogen and oxygen atoms in total. The van der Waals surface area contributed by atoms with Gasteiger partial charge in [-0.1, -0.05) is 20.8 Å². The van der Waals surface area contributed by atoms with Gasteiger partial charge in [-0.25, -0.2) is 0 Å². The van der Waals surface area contributed by atoms with Crippen molar-refractivity contribution >= 4 is 16.8 Å². The zero-order valence-electron chi connectivity index (χ0n) is 20.6. The number of fused-ring (bicyclic) bond motifs is 2. The second kappa shape index (κ2) is 8.58. The Morgan fingerprint density at radius 1 is 1.23 bits per heavy atom. The summed E-state index contributed by atoms with van der Waals surface area (Å²) in [5, 5.41) is 23.0. The molecule has 2 aromatic carbocycles. The lowest BCUT2D eigenvalue weighted by atomic mass is 9.88. The van der Waals surface area contributed by atoms with E-state index in [0.717, 1.165) is 45.4 Å². The van der Waals surface area contributed by atoms with Crippen molar-refractivity contribution in [1.82, 2.24) is 24.9 Å². The first-order chi connectivity index (χ1) is 16.8. The van der Waals surface area contributed by atoms with E-state index in [-0.39, 0.29) is 11.8 Å². The molecule has 0 bridgehead atoms. The average Bonchev–Trinajstić information content (AvgIpc) is 3.43. The maximum atomic E-state index is 12.6. The highest BCUT2D eigenvalue weighted by Crippen LogP contribution is 2.40. The molecule has 1 aliphatic heterocycles. The summed E-state index contributed by atoms with van der Waals surface area (Å²) in [4.78, 5) is 12.6. The summed E-state index contributed by atoms with van der Waals surface area (Å²) < 4.78 is 9.35. The van der Waals surface area contributed by atoms with Crippen LogP contribution in [0.5, 0.6) is 5.75 Å². The summed E-state index contributed by atoms with van der Waals surface area (Å²) in [5.41, 5.74) is 6.32. The van der Waals surface area contributed by atoms with Crippen molar-refractivity contribution in [3.63, 3.8) is 0 Å². The molecule has 0 radical (unpaired) electrons. The number of hydrogen-bond acceptors (Lipinski definition) is 5. The number of amides is 1. The number of carbonyl (C=O) groups is 1. The lowest BCUT2D eigenvalue weighted by Crippen LogP contribution is -2.34. The molecule has 8 heteroatoms. The summed E-state index contributed by atoms with van der Waals surface area (Å²) in [6.07, 6.45) is 3.84. The third-order valence-corrected chi connectivity index (χ3v) is 6.53. The molecule has 0 saturated carbocycles. The van der Waals surface area contributed by atoms with E-state index in [1.54, 1.807) is 11.8 Å². The molecule has 0 fully saturated rings. The molecule has 3 heterocycles. The Morgan fingerprint density at radius 3 is 2.74 bits per heavy atom. The molecule has 1 amide bonds. The summed E-state index contributed by atoms with van der Waals surface area (Å²) >= 11 is 0. The molecule has 2 aromatic heterocycles. The molecular formula is C27H28N6O2. The van der Waals surface area contributed by atoms with Crippen LogP contribution in [0.1, 0.15) is 48.2 Å². The van der Waals surface area contributed by atoms with Crippen LogP contribution in [0.3, 0.4) is 0 Å². The zero-order valence-corrected chi connectivity index (χ0v) is 20.6. The standard InChI is InChI=1S/C27H28N6O2/c1-15(2)13-33-14-20(12-30-33)17-6-19(10-28)24-22(8-17)31-32(4)26(24)18-7-21-16(3)11-29-27(34)25(21)23(9-18)35-5/h6-9,12,14-16H,11,13H2,1-5H3,(H,29,34)/t16-/m0/s1. The van der Waals surface area contributed by atoms with Crippen molar-refractivity contribution in [2.24, 2.45) is 13.0 Å².